The number of rotatable bonds is 0. The molecule has 1 atom stereocenters. The lowest BCUT2D eigenvalue weighted by molar-refractivity contribution is -0.0510. The molecule has 1 unspecified atom stereocenters. The Labute approximate surface area is 101 Å². The van der Waals surface area contributed by atoms with Gasteiger partial charge in [-0.2, -0.15) is 21.6 Å². The summed E-state index contributed by atoms with van der Waals surface area (Å²) in [5.74, 6) is 0. The summed E-state index contributed by atoms with van der Waals surface area (Å²) in [6, 6.07) is 1.58. The molecule has 0 radical (unpaired) electrons. The molecule has 1 aliphatic rings. The molecule has 0 aromatic heterocycles. The average Bonchev–Trinajstić information content (AvgIpc) is 2.07. The van der Waals surface area contributed by atoms with Gasteiger partial charge in [0.15, 0.2) is 0 Å². The molecule has 1 fully saturated rings. The third-order valence-electron chi connectivity index (χ3n) is 3.33. The molecule has 1 rings (SSSR count). The fourth-order valence-corrected chi connectivity index (χ4v) is 4.31. The fourth-order valence-electron chi connectivity index (χ4n) is 1.67. The van der Waals surface area contributed by atoms with Gasteiger partial charge in [0.1, 0.15) is 0 Å². The zero-order valence-electron chi connectivity index (χ0n) is 10.2. The van der Waals surface area contributed by atoms with Crippen LogP contribution in [0.2, 0.25) is 24.7 Å². The Morgan fingerprint density at radius 1 is 1.24 bits per heavy atom. The van der Waals surface area contributed by atoms with Gasteiger partial charge in [0.25, 0.3) is 0 Å². The Morgan fingerprint density at radius 2 is 1.65 bits per heavy atom. The van der Waals surface area contributed by atoms with E-state index in [-0.39, 0.29) is 0 Å². The van der Waals surface area contributed by atoms with Crippen LogP contribution >= 0.6 is 0 Å². The van der Waals surface area contributed by atoms with Crippen molar-refractivity contribution >= 4 is 18.2 Å². The molecule has 0 aromatic carbocycles. The van der Waals surface area contributed by atoms with E-state index in [1.165, 1.54) is 19.3 Å². The van der Waals surface area contributed by atoms with E-state index in [0.29, 0.717) is 0 Å². The van der Waals surface area contributed by atoms with Crippen LogP contribution in [0.5, 0.6) is 0 Å². The smallest absolute Gasteiger partial charge is 0.279 e. The lowest BCUT2D eigenvalue weighted by Gasteiger charge is -2.34. The van der Waals surface area contributed by atoms with Crippen molar-refractivity contribution in [2.24, 2.45) is 0 Å². The standard InChI is InChI=1S/C8H18Si.CHF3O3S/c1-8-6-4-5-7-9(8,2)3;2-1(3,4)8(5,6)7/h8H,4-7H2,1-3H3;(H,5,6,7). The van der Waals surface area contributed by atoms with Gasteiger partial charge in [0.2, 0.25) is 0 Å². The third kappa shape index (κ3) is 5.87. The summed E-state index contributed by atoms with van der Waals surface area (Å²) < 4.78 is 57.5. The summed E-state index contributed by atoms with van der Waals surface area (Å²) >= 11 is 0. The highest BCUT2D eigenvalue weighted by atomic mass is 32.2. The monoisotopic (exact) mass is 292 g/mol. The molecule has 0 aromatic rings. The molecule has 0 aliphatic carbocycles. The van der Waals surface area contributed by atoms with Gasteiger partial charge >= 0.3 is 15.6 Å². The van der Waals surface area contributed by atoms with Gasteiger partial charge in [-0.15, -0.1) is 0 Å². The largest absolute Gasteiger partial charge is 0.522 e. The van der Waals surface area contributed by atoms with Crippen LogP contribution in [0.4, 0.5) is 13.2 Å². The Bertz CT molecular complexity index is 338. The molecule has 0 spiro atoms. The number of hydrogen-bond donors (Lipinski definition) is 1. The van der Waals surface area contributed by atoms with Gasteiger partial charge in [-0.3, -0.25) is 4.55 Å². The molecular weight excluding hydrogens is 273 g/mol. The summed E-state index contributed by atoms with van der Waals surface area (Å²) in [5, 5.41) is 0. The first-order chi connectivity index (χ1) is 7.38. The molecule has 104 valence electrons. The summed E-state index contributed by atoms with van der Waals surface area (Å²) in [4.78, 5) is 0. The Hall–Kier alpha value is -0.0831. The lowest BCUT2D eigenvalue weighted by atomic mass is 10.2. The Balaban J connectivity index is 0.000000304. The number of alkyl halides is 3. The van der Waals surface area contributed by atoms with E-state index >= 15 is 0 Å². The van der Waals surface area contributed by atoms with E-state index in [1.54, 1.807) is 6.04 Å². The molecule has 8 heteroatoms. The van der Waals surface area contributed by atoms with E-state index in [0.717, 1.165) is 5.54 Å². The van der Waals surface area contributed by atoms with E-state index in [4.69, 9.17) is 13.0 Å². The van der Waals surface area contributed by atoms with Crippen LogP contribution in [-0.2, 0) is 10.1 Å². The van der Waals surface area contributed by atoms with Crippen molar-refractivity contribution in [3.05, 3.63) is 0 Å². The molecule has 17 heavy (non-hydrogen) atoms. The second-order valence-corrected chi connectivity index (χ2v) is 11.9. The van der Waals surface area contributed by atoms with Crippen molar-refractivity contribution in [3.63, 3.8) is 0 Å². The van der Waals surface area contributed by atoms with Crippen molar-refractivity contribution in [1.29, 1.82) is 0 Å². The van der Waals surface area contributed by atoms with Crippen LogP contribution in [0.15, 0.2) is 0 Å². The van der Waals surface area contributed by atoms with Crippen LogP contribution in [0.1, 0.15) is 26.2 Å². The molecule has 0 saturated carbocycles. The van der Waals surface area contributed by atoms with E-state index in [9.17, 15) is 13.2 Å². The van der Waals surface area contributed by atoms with Crippen LogP contribution in [-0.4, -0.2) is 26.6 Å². The van der Waals surface area contributed by atoms with Crippen LogP contribution in [0.3, 0.4) is 0 Å². The van der Waals surface area contributed by atoms with E-state index in [2.05, 4.69) is 20.0 Å². The first-order valence-corrected chi connectivity index (χ1v) is 10.1. The molecule has 1 saturated heterocycles. The average molecular weight is 292 g/mol. The second-order valence-electron chi connectivity index (χ2n) is 5.06. The maximum atomic E-state index is 10.7. The van der Waals surface area contributed by atoms with Gasteiger partial charge < -0.3 is 0 Å². The van der Waals surface area contributed by atoms with Crippen molar-refractivity contribution < 1.29 is 26.1 Å². The Kier molecular flexibility index (Phi) is 5.68. The predicted octanol–water partition coefficient (Wildman–Crippen LogP) is 3.66. The van der Waals surface area contributed by atoms with E-state index in [1.807, 2.05) is 0 Å². The molecule has 3 nitrogen and oxygen atoms in total. The number of hydrogen-bond acceptors (Lipinski definition) is 2. The second kappa shape index (κ2) is 5.70. The highest BCUT2D eigenvalue weighted by Gasteiger charge is 2.44. The maximum Gasteiger partial charge on any atom is 0.522 e. The van der Waals surface area contributed by atoms with Crippen molar-refractivity contribution in [2.45, 2.75) is 56.4 Å². The third-order valence-corrected chi connectivity index (χ3v) is 8.52. The fraction of sp³-hybridized carbons (Fsp3) is 1.00. The molecule has 1 aliphatic heterocycles. The normalized spacial score (nSPS) is 24.8. The van der Waals surface area contributed by atoms with Gasteiger partial charge in [-0.1, -0.05) is 45.3 Å². The predicted molar refractivity (Wildman–Crippen MR) is 63.2 cm³/mol. The SMILES string of the molecule is CC1CCCC[Si]1(C)C.O=S(=O)(O)C(F)(F)F. The molecule has 0 amide bonds. The molecule has 1 N–H and O–H groups in total. The van der Waals surface area contributed by atoms with Crippen molar-refractivity contribution in [3.8, 4) is 0 Å². The first-order valence-electron chi connectivity index (χ1n) is 5.41. The summed E-state index contributed by atoms with van der Waals surface area (Å²) in [7, 11) is -6.53. The minimum atomic E-state index is -5.84. The summed E-state index contributed by atoms with van der Waals surface area (Å²) in [5.41, 5.74) is -4.45. The van der Waals surface area contributed by atoms with E-state index < -0.39 is 23.7 Å². The first kappa shape index (κ1) is 16.9. The maximum absolute atomic E-state index is 10.7. The highest BCUT2D eigenvalue weighted by molar-refractivity contribution is 7.86. The van der Waals surface area contributed by atoms with Gasteiger partial charge in [-0.25, -0.2) is 0 Å². The van der Waals surface area contributed by atoms with Crippen molar-refractivity contribution in [2.75, 3.05) is 0 Å². The van der Waals surface area contributed by atoms with Crippen LogP contribution < -0.4 is 0 Å². The highest BCUT2D eigenvalue weighted by Crippen LogP contribution is 2.36. The Morgan fingerprint density at radius 3 is 1.82 bits per heavy atom. The van der Waals surface area contributed by atoms with Gasteiger partial charge in [-0.05, 0) is 5.54 Å². The zero-order chi connectivity index (χ0) is 13.9. The summed E-state index contributed by atoms with van der Waals surface area (Å²) in [6.45, 7) is 7.53. The lowest BCUT2D eigenvalue weighted by Crippen LogP contribution is -2.33. The minimum absolute atomic E-state index is 0.694. The minimum Gasteiger partial charge on any atom is -0.279 e. The molecule has 1 heterocycles. The molecular formula is C9H19F3O3SSi. The van der Waals surface area contributed by atoms with Crippen LogP contribution in [0.25, 0.3) is 0 Å². The topological polar surface area (TPSA) is 54.4 Å². The van der Waals surface area contributed by atoms with Gasteiger partial charge in [0, 0.05) is 0 Å². The summed E-state index contributed by atoms with van der Waals surface area (Å²) in [6.07, 6.45) is 4.53. The number of halogens is 3. The van der Waals surface area contributed by atoms with Crippen molar-refractivity contribution in [1.82, 2.24) is 0 Å². The van der Waals surface area contributed by atoms with Crippen LogP contribution in [0, 0.1) is 0 Å². The molecule has 0 bridgehead atoms. The quantitative estimate of drug-likeness (QED) is 0.421. The van der Waals surface area contributed by atoms with Gasteiger partial charge in [0.05, 0.1) is 8.07 Å². The zero-order valence-corrected chi connectivity index (χ0v) is 12.0.